The first kappa shape index (κ1) is 22.0. The van der Waals surface area contributed by atoms with Crippen LogP contribution in [0.4, 0.5) is 5.13 Å². The molecule has 8 nitrogen and oxygen atoms in total. The number of hydrogen-bond acceptors (Lipinski definition) is 7. The number of carbonyl (C=O) groups excluding carboxylic acids is 2. The van der Waals surface area contributed by atoms with Gasteiger partial charge >= 0.3 is 5.97 Å². The minimum atomic E-state index is -3.59. The zero-order valence-corrected chi connectivity index (χ0v) is 17.8. The van der Waals surface area contributed by atoms with E-state index in [0.717, 1.165) is 24.2 Å². The predicted octanol–water partition coefficient (Wildman–Crippen LogP) is 2.91. The van der Waals surface area contributed by atoms with E-state index in [2.05, 4.69) is 15.0 Å². The van der Waals surface area contributed by atoms with Crippen molar-refractivity contribution >= 4 is 38.4 Å². The predicted molar refractivity (Wildman–Crippen MR) is 107 cm³/mol. The molecule has 0 saturated carbocycles. The first-order valence-electron chi connectivity index (χ1n) is 8.64. The van der Waals surface area contributed by atoms with Gasteiger partial charge < -0.3 is 4.74 Å². The Morgan fingerprint density at radius 2 is 1.89 bits per heavy atom. The number of aromatic nitrogens is 1. The quantitative estimate of drug-likeness (QED) is 0.652. The number of anilines is 1. The lowest BCUT2D eigenvalue weighted by Crippen LogP contribution is -2.28. The highest BCUT2D eigenvalue weighted by atomic mass is 32.2. The minimum absolute atomic E-state index is 0.126. The van der Waals surface area contributed by atoms with E-state index < -0.39 is 21.9 Å². The first-order valence-corrected chi connectivity index (χ1v) is 10.9. The molecule has 28 heavy (non-hydrogen) atoms. The molecule has 1 heterocycles. The highest BCUT2D eigenvalue weighted by molar-refractivity contribution is 7.89. The van der Waals surface area contributed by atoms with Crippen LogP contribution in [-0.4, -0.2) is 50.3 Å². The number of benzene rings is 1. The van der Waals surface area contributed by atoms with Crippen LogP contribution in [0.5, 0.6) is 0 Å². The minimum Gasteiger partial charge on any atom is -0.465 e. The second-order valence-corrected chi connectivity index (χ2v) is 9.13. The Bertz CT molecular complexity index is 952. The smallest absolute Gasteiger partial charge is 0.350 e. The zero-order valence-electron chi connectivity index (χ0n) is 16.2. The van der Waals surface area contributed by atoms with Crippen LogP contribution >= 0.6 is 11.3 Å². The van der Waals surface area contributed by atoms with Gasteiger partial charge in [0.1, 0.15) is 4.88 Å². The van der Waals surface area contributed by atoms with Crippen LogP contribution in [0.15, 0.2) is 29.2 Å². The van der Waals surface area contributed by atoms with Crippen molar-refractivity contribution in [3.05, 3.63) is 40.4 Å². The van der Waals surface area contributed by atoms with Crippen molar-refractivity contribution in [3.8, 4) is 0 Å². The molecular formula is C18H23N3O5S2. The van der Waals surface area contributed by atoms with Crippen molar-refractivity contribution in [1.29, 1.82) is 0 Å². The summed E-state index contributed by atoms with van der Waals surface area (Å²) in [5.74, 6) is -0.967. The normalized spacial score (nSPS) is 11.5. The number of unbranched alkanes of at least 4 members (excludes halogenated alkanes) is 1. The van der Waals surface area contributed by atoms with Crippen LogP contribution in [0.1, 0.15) is 45.5 Å². The van der Waals surface area contributed by atoms with Crippen molar-refractivity contribution in [2.24, 2.45) is 0 Å². The van der Waals surface area contributed by atoms with Crippen LogP contribution < -0.4 is 5.32 Å². The number of nitrogens with zero attached hydrogens (tertiary/aromatic N) is 2. The molecule has 0 spiro atoms. The summed E-state index contributed by atoms with van der Waals surface area (Å²) in [7, 11) is -0.778. The average Bonchev–Trinajstić information content (AvgIpc) is 3.05. The number of methoxy groups -OCH3 is 1. The van der Waals surface area contributed by atoms with Crippen LogP contribution in [0.2, 0.25) is 0 Å². The Hall–Kier alpha value is -2.30. The lowest BCUT2D eigenvalue weighted by Gasteiger charge is -2.16. The van der Waals surface area contributed by atoms with E-state index in [1.54, 1.807) is 6.92 Å². The molecule has 0 aliphatic rings. The molecule has 0 radical (unpaired) electrons. The van der Waals surface area contributed by atoms with E-state index in [4.69, 9.17) is 0 Å². The Morgan fingerprint density at radius 3 is 2.46 bits per heavy atom. The summed E-state index contributed by atoms with van der Waals surface area (Å²) in [6.45, 7) is 4.08. The van der Waals surface area contributed by atoms with E-state index in [1.807, 2.05) is 6.92 Å². The van der Waals surface area contributed by atoms with Gasteiger partial charge in [0.15, 0.2) is 5.13 Å². The number of sulfonamides is 1. The third-order valence-electron chi connectivity index (χ3n) is 4.04. The van der Waals surface area contributed by atoms with Gasteiger partial charge in [-0.05, 0) is 37.6 Å². The zero-order chi connectivity index (χ0) is 20.9. The number of esters is 1. The second kappa shape index (κ2) is 9.26. The van der Waals surface area contributed by atoms with Gasteiger partial charge in [0, 0.05) is 19.2 Å². The molecule has 0 saturated heterocycles. The molecule has 2 aromatic rings. The summed E-state index contributed by atoms with van der Waals surface area (Å²) in [5, 5.41) is 2.87. The van der Waals surface area contributed by atoms with E-state index in [1.165, 1.54) is 42.7 Å². The Labute approximate surface area is 168 Å². The first-order chi connectivity index (χ1) is 13.2. The molecular weight excluding hydrogens is 402 g/mol. The fourth-order valence-electron chi connectivity index (χ4n) is 2.36. The molecule has 10 heteroatoms. The van der Waals surface area contributed by atoms with E-state index >= 15 is 0 Å². The molecule has 1 amide bonds. The van der Waals surface area contributed by atoms with Gasteiger partial charge in [0.2, 0.25) is 10.0 Å². The van der Waals surface area contributed by atoms with Gasteiger partial charge in [0.05, 0.1) is 17.7 Å². The Kier molecular flexibility index (Phi) is 7.28. The maximum atomic E-state index is 12.5. The van der Waals surface area contributed by atoms with Gasteiger partial charge in [-0.15, -0.1) is 0 Å². The lowest BCUT2D eigenvalue weighted by atomic mass is 10.2. The van der Waals surface area contributed by atoms with Crippen molar-refractivity contribution in [3.63, 3.8) is 0 Å². The number of thiazole rings is 1. The van der Waals surface area contributed by atoms with Gasteiger partial charge in [0.25, 0.3) is 5.91 Å². The molecule has 152 valence electrons. The van der Waals surface area contributed by atoms with Crippen LogP contribution in [0, 0.1) is 6.92 Å². The Balaban J connectivity index is 2.13. The topological polar surface area (TPSA) is 106 Å². The summed E-state index contributed by atoms with van der Waals surface area (Å²) in [6.07, 6.45) is 1.67. The molecule has 1 N–H and O–H groups in total. The summed E-state index contributed by atoms with van der Waals surface area (Å²) in [6, 6.07) is 5.69. The number of carbonyl (C=O) groups is 2. The SMILES string of the molecule is CCCCN(C)S(=O)(=O)c1ccc(C(=O)Nc2nc(C)c(C(=O)OC)s2)cc1. The third kappa shape index (κ3) is 4.94. The van der Waals surface area contributed by atoms with Crippen molar-refractivity contribution < 1.29 is 22.7 Å². The summed E-state index contributed by atoms with van der Waals surface area (Å²) in [4.78, 5) is 28.6. The van der Waals surface area contributed by atoms with Gasteiger partial charge in [-0.3, -0.25) is 10.1 Å². The summed E-state index contributed by atoms with van der Waals surface area (Å²) in [5.41, 5.74) is 0.742. The number of ether oxygens (including phenoxy) is 1. The number of hydrogen-bond donors (Lipinski definition) is 1. The molecule has 0 aliphatic heterocycles. The number of rotatable bonds is 8. The Morgan fingerprint density at radius 1 is 1.25 bits per heavy atom. The molecule has 0 fully saturated rings. The van der Waals surface area contributed by atoms with Crippen molar-refractivity contribution in [2.75, 3.05) is 26.0 Å². The molecule has 1 aromatic heterocycles. The number of aryl methyl sites for hydroxylation is 1. The van der Waals surface area contributed by atoms with Gasteiger partial charge in [-0.1, -0.05) is 24.7 Å². The van der Waals surface area contributed by atoms with E-state index in [0.29, 0.717) is 17.1 Å². The maximum absolute atomic E-state index is 12.5. The van der Waals surface area contributed by atoms with E-state index in [-0.39, 0.29) is 15.6 Å². The maximum Gasteiger partial charge on any atom is 0.350 e. The largest absolute Gasteiger partial charge is 0.465 e. The standard InChI is InChI=1S/C18H23N3O5S2/c1-5-6-11-21(3)28(24,25)14-9-7-13(8-10-14)16(22)20-18-19-12(2)15(27-18)17(23)26-4/h7-10H,5-6,11H2,1-4H3,(H,19,20,22). The monoisotopic (exact) mass is 425 g/mol. The highest BCUT2D eigenvalue weighted by Gasteiger charge is 2.21. The average molecular weight is 426 g/mol. The molecule has 0 unspecified atom stereocenters. The lowest BCUT2D eigenvalue weighted by molar-refractivity contribution is 0.0605. The molecule has 1 aromatic carbocycles. The summed E-state index contributed by atoms with van der Waals surface area (Å²) < 4.78 is 31.0. The fraction of sp³-hybridized carbons (Fsp3) is 0.389. The second-order valence-electron chi connectivity index (χ2n) is 6.08. The number of nitrogens with one attached hydrogen (secondary N) is 1. The molecule has 0 atom stereocenters. The van der Waals surface area contributed by atoms with Gasteiger partial charge in [-0.2, -0.15) is 0 Å². The van der Waals surface area contributed by atoms with Crippen LogP contribution in [0.25, 0.3) is 0 Å². The third-order valence-corrected chi connectivity index (χ3v) is 6.96. The highest BCUT2D eigenvalue weighted by Crippen LogP contribution is 2.24. The van der Waals surface area contributed by atoms with E-state index in [9.17, 15) is 18.0 Å². The fourth-order valence-corrected chi connectivity index (χ4v) is 4.45. The molecule has 0 bridgehead atoms. The molecule has 2 rings (SSSR count). The van der Waals surface area contributed by atoms with Crippen LogP contribution in [-0.2, 0) is 14.8 Å². The summed E-state index contributed by atoms with van der Waals surface area (Å²) >= 11 is 1.01. The van der Waals surface area contributed by atoms with Crippen LogP contribution in [0.3, 0.4) is 0 Å². The van der Waals surface area contributed by atoms with Crippen molar-refractivity contribution in [2.45, 2.75) is 31.6 Å². The van der Waals surface area contributed by atoms with Gasteiger partial charge in [-0.25, -0.2) is 22.5 Å². The van der Waals surface area contributed by atoms with Crippen molar-refractivity contribution in [1.82, 2.24) is 9.29 Å². The molecule has 0 aliphatic carbocycles. The number of amides is 1.